The highest BCUT2D eigenvalue weighted by atomic mass is 19.1. The van der Waals surface area contributed by atoms with E-state index in [2.05, 4.69) is 10.2 Å². The molecule has 10 heteroatoms. The van der Waals surface area contributed by atoms with Gasteiger partial charge < -0.3 is 29.3 Å². The molecule has 0 saturated carbocycles. The molecule has 2 amide bonds. The zero-order valence-corrected chi connectivity index (χ0v) is 22.0. The maximum absolute atomic E-state index is 16.0. The Balaban J connectivity index is 1.46. The van der Waals surface area contributed by atoms with Crippen LogP contribution in [0.3, 0.4) is 0 Å². The van der Waals surface area contributed by atoms with Crippen LogP contribution < -0.4 is 20.4 Å². The van der Waals surface area contributed by atoms with Crippen molar-refractivity contribution >= 4 is 39.7 Å². The van der Waals surface area contributed by atoms with Gasteiger partial charge in [-0.3, -0.25) is 14.4 Å². The molecule has 7 rings (SSSR count). The fourth-order valence-electron chi connectivity index (χ4n) is 6.11. The number of amides is 2. The molecule has 2 fully saturated rings. The first-order valence-corrected chi connectivity index (χ1v) is 13.5. The first-order chi connectivity index (χ1) is 19.4. The van der Waals surface area contributed by atoms with Gasteiger partial charge in [-0.05, 0) is 42.4 Å². The maximum atomic E-state index is 16.0. The molecular formula is C30H28FN5O4. The average Bonchev–Trinajstić information content (AvgIpc) is 3.41. The second-order valence-electron chi connectivity index (χ2n) is 10.8. The Morgan fingerprint density at radius 1 is 1.07 bits per heavy atom. The fraction of sp³-hybridized carbons (Fsp3) is 0.300. The van der Waals surface area contributed by atoms with Gasteiger partial charge in [-0.25, -0.2) is 4.39 Å². The van der Waals surface area contributed by atoms with E-state index in [-0.39, 0.29) is 34.3 Å². The molecule has 0 radical (unpaired) electrons. The molecule has 3 aromatic carbocycles. The minimum Gasteiger partial charge on any atom is -0.451 e. The number of carbonyl (C=O) groups is 2. The average molecular weight is 542 g/mol. The fourth-order valence-corrected chi connectivity index (χ4v) is 6.11. The number of nitrogens with zero attached hydrogens (tertiary/aromatic N) is 4. The Morgan fingerprint density at radius 3 is 2.58 bits per heavy atom. The predicted molar refractivity (Wildman–Crippen MR) is 150 cm³/mol. The molecular weight excluding hydrogens is 513 g/mol. The van der Waals surface area contributed by atoms with Crippen LogP contribution in [0.4, 0.5) is 10.1 Å². The Hall–Kier alpha value is -4.44. The van der Waals surface area contributed by atoms with Crippen LogP contribution in [-0.4, -0.2) is 79.0 Å². The summed E-state index contributed by atoms with van der Waals surface area (Å²) >= 11 is 0. The summed E-state index contributed by atoms with van der Waals surface area (Å²) in [6.07, 6.45) is 2.90. The number of likely N-dealkylation sites (N-methyl/N-ethyl adjacent to an activating group) is 1. The highest BCUT2D eigenvalue weighted by Gasteiger charge is 2.34. The number of fused-ring (bicyclic) bond motifs is 3. The van der Waals surface area contributed by atoms with Crippen molar-refractivity contribution in [1.29, 1.82) is 0 Å². The molecule has 204 valence electrons. The second-order valence-corrected chi connectivity index (χ2v) is 10.8. The molecule has 0 spiro atoms. The van der Waals surface area contributed by atoms with Gasteiger partial charge in [0.1, 0.15) is 16.8 Å². The maximum Gasteiger partial charge on any atom is 0.259 e. The van der Waals surface area contributed by atoms with Gasteiger partial charge >= 0.3 is 0 Å². The van der Waals surface area contributed by atoms with Crippen molar-refractivity contribution < 1.29 is 18.7 Å². The van der Waals surface area contributed by atoms with E-state index in [1.807, 2.05) is 48.3 Å². The molecule has 1 atom stereocenters. The van der Waals surface area contributed by atoms with E-state index in [1.165, 1.54) is 6.07 Å². The minimum atomic E-state index is -0.605. The molecule has 1 aromatic heterocycles. The normalized spacial score (nSPS) is 18.6. The zero-order valence-electron chi connectivity index (χ0n) is 22.0. The summed E-state index contributed by atoms with van der Waals surface area (Å²) in [7, 11) is 2.00. The minimum absolute atomic E-state index is 0.00702. The first kappa shape index (κ1) is 24.6. The molecule has 3 aliphatic rings. The van der Waals surface area contributed by atoms with Gasteiger partial charge in [0.2, 0.25) is 11.8 Å². The lowest BCUT2D eigenvalue weighted by molar-refractivity contribution is -0.110. The van der Waals surface area contributed by atoms with Crippen LogP contribution in [0.1, 0.15) is 16.8 Å². The number of pyridine rings is 1. The van der Waals surface area contributed by atoms with E-state index in [1.54, 1.807) is 15.7 Å². The van der Waals surface area contributed by atoms with Gasteiger partial charge in [-0.2, -0.15) is 0 Å². The summed E-state index contributed by atoms with van der Waals surface area (Å²) in [4.78, 5) is 44.1. The van der Waals surface area contributed by atoms with Crippen molar-refractivity contribution in [2.24, 2.45) is 0 Å². The first-order valence-electron chi connectivity index (χ1n) is 13.5. The Kier molecular flexibility index (Phi) is 5.74. The molecule has 4 heterocycles. The van der Waals surface area contributed by atoms with E-state index in [0.717, 1.165) is 10.8 Å². The van der Waals surface area contributed by atoms with E-state index in [0.29, 0.717) is 69.1 Å². The summed E-state index contributed by atoms with van der Waals surface area (Å²) in [5, 5.41) is 4.79. The van der Waals surface area contributed by atoms with Crippen molar-refractivity contribution in [3.63, 3.8) is 0 Å². The number of piperazine rings is 1. The summed E-state index contributed by atoms with van der Waals surface area (Å²) in [5.74, 6) is -0.222. The standard InChI is InChI=1S/C30H28FN5O4/c1-33-8-10-34(11-9-33)30(39)22-16-36-24-12-18-4-2-3-5-19(18)13-25(24)40-29-26(36)21(28(22)38)14-23(31)27(29)35-7-6-20(15-35)32-17-37/h2-5,12-14,16-17,20H,6-11,15H2,1H3,(H,32,37). The third kappa shape index (κ3) is 3.82. The number of carbonyl (C=O) groups excluding carboxylic acids is 2. The summed E-state index contributed by atoms with van der Waals surface area (Å²) in [6.45, 7) is 3.38. The highest BCUT2D eigenvalue weighted by Crippen LogP contribution is 2.48. The largest absolute Gasteiger partial charge is 0.451 e. The number of rotatable bonds is 4. The van der Waals surface area contributed by atoms with E-state index >= 15 is 4.39 Å². The second kappa shape index (κ2) is 9.34. The third-order valence-corrected chi connectivity index (χ3v) is 8.30. The Bertz CT molecular complexity index is 1760. The third-order valence-electron chi connectivity index (χ3n) is 8.30. The number of ether oxygens (including phenoxy) is 1. The van der Waals surface area contributed by atoms with Crippen molar-refractivity contribution in [3.05, 3.63) is 70.3 Å². The molecule has 1 N–H and O–H groups in total. The van der Waals surface area contributed by atoms with Crippen LogP contribution in [0, 0.1) is 5.82 Å². The number of hydrogen-bond donors (Lipinski definition) is 1. The monoisotopic (exact) mass is 541 g/mol. The molecule has 3 aliphatic heterocycles. The molecule has 2 saturated heterocycles. The zero-order chi connectivity index (χ0) is 27.5. The lowest BCUT2D eigenvalue weighted by atomic mass is 10.0. The van der Waals surface area contributed by atoms with Gasteiger partial charge in [0.15, 0.2) is 17.3 Å². The van der Waals surface area contributed by atoms with Crippen LogP contribution in [0.25, 0.3) is 27.4 Å². The van der Waals surface area contributed by atoms with Gasteiger partial charge in [0.25, 0.3) is 5.91 Å². The number of hydrogen-bond acceptors (Lipinski definition) is 6. The van der Waals surface area contributed by atoms with Gasteiger partial charge in [0.05, 0.1) is 11.1 Å². The lowest BCUT2D eigenvalue weighted by Crippen LogP contribution is -2.48. The van der Waals surface area contributed by atoms with Crippen molar-refractivity contribution in [2.75, 3.05) is 51.2 Å². The van der Waals surface area contributed by atoms with Crippen molar-refractivity contribution in [2.45, 2.75) is 12.5 Å². The van der Waals surface area contributed by atoms with Gasteiger partial charge in [-0.1, -0.05) is 24.3 Å². The molecule has 40 heavy (non-hydrogen) atoms. The number of nitrogens with one attached hydrogen (secondary N) is 1. The van der Waals surface area contributed by atoms with E-state index < -0.39 is 11.2 Å². The van der Waals surface area contributed by atoms with Gasteiger partial charge in [0, 0.05) is 51.5 Å². The molecule has 0 aliphatic carbocycles. The van der Waals surface area contributed by atoms with Crippen LogP contribution in [0.5, 0.6) is 11.5 Å². The number of benzene rings is 3. The predicted octanol–water partition coefficient (Wildman–Crippen LogP) is 3.10. The topological polar surface area (TPSA) is 87.1 Å². The Morgan fingerprint density at radius 2 is 1.82 bits per heavy atom. The van der Waals surface area contributed by atoms with Crippen LogP contribution in [-0.2, 0) is 4.79 Å². The number of anilines is 1. The number of halogens is 1. The van der Waals surface area contributed by atoms with Crippen molar-refractivity contribution in [3.8, 4) is 17.2 Å². The smallest absolute Gasteiger partial charge is 0.259 e. The quantitative estimate of drug-likeness (QED) is 0.352. The summed E-state index contributed by atoms with van der Waals surface area (Å²) in [5.41, 5.74) is 0.825. The van der Waals surface area contributed by atoms with E-state index in [4.69, 9.17) is 4.74 Å². The van der Waals surface area contributed by atoms with E-state index in [9.17, 15) is 14.4 Å². The molecule has 1 unspecified atom stereocenters. The Labute approximate surface area is 229 Å². The van der Waals surface area contributed by atoms with Crippen LogP contribution >= 0.6 is 0 Å². The highest BCUT2D eigenvalue weighted by molar-refractivity contribution is 6.02. The van der Waals surface area contributed by atoms with Crippen LogP contribution in [0.2, 0.25) is 0 Å². The summed E-state index contributed by atoms with van der Waals surface area (Å²) < 4.78 is 24.2. The molecule has 0 bridgehead atoms. The lowest BCUT2D eigenvalue weighted by Gasteiger charge is -2.33. The summed E-state index contributed by atoms with van der Waals surface area (Å²) in [6, 6.07) is 12.8. The van der Waals surface area contributed by atoms with Crippen molar-refractivity contribution in [1.82, 2.24) is 19.7 Å². The molecule has 9 nitrogen and oxygen atoms in total. The van der Waals surface area contributed by atoms with Gasteiger partial charge in [-0.15, -0.1) is 0 Å². The van der Waals surface area contributed by atoms with Crippen LogP contribution in [0.15, 0.2) is 53.5 Å². The molecule has 4 aromatic rings. The SMILES string of the molecule is CN1CCN(C(=O)c2cn3c4c(c(N5CCC(NC=O)C5)c(F)cc4c2=O)Oc2cc4ccccc4cc2-3)CC1. The number of aromatic nitrogens is 1.